The highest BCUT2D eigenvalue weighted by Gasteiger charge is 2.62. The van der Waals surface area contributed by atoms with Gasteiger partial charge in [-0.1, -0.05) is 6.92 Å². The predicted octanol–water partition coefficient (Wildman–Crippen LogP) is 4.61. The van der Waals surface area contributed by atoms with E-state index in [1.165, 1.54) is 32.1 Å². The van der Waals surface area contributed by atoms with E-state index < -0.39 is 5.60 Å². The zero-order valence-electron chi connectivity index (χ0n) is 17.2. The second kappa shape index (κ2) is 6.30. The summed E-state index contributed by atoms with van der Waals surface area (Å²) in [5.41, 5.74) is -0.00514. The van der Waals surface area contributed by atoms with Crippen molar-refractivity contribution in [3.8, 4) is 0 Å². The van der Waals surface area contributed by atoms with Crippen LogP contribution in [0.2, 0.25) is 0 Å². The first-order valence-corrected chi connectivity index (χ1v) is 11.0. The summed E-state index contributed by atoms with van der Waals surface area (Å²) in [6.45, 7) is 7.13. The first-order chi connectivity index (χ1) is 12.2. The Morgan fingerprint density at radius 3 is 2.50 bits per heavy atom. The standard InChI is InChI=1S/C23H38O3/c1-15(24)18-7-8-19-17-6-5-16-13-21(2,25)11-12-23(16,14-26-4)20(17)9-10-22(18,19)3/h16-20,25H,5-14H2,1-4H3/t16-,17+,18-,19+,20+,21?,22-,23-/m1/s1. The fraction of sp³-hybridized carbons (Fsp3) is 0.957. The normalized spacial score (nSPS) is 53.5. The second-order valence-electron chi connectivity index (χ2n) is 10.8. The van der Waals surface area contributed by atoms with Gasteiger partial charge in [-0.15, -0.1) is 0 Å². The summed E-state index contributed by atoms with van der Waals surface area (Å²) in [6, 6.07) is 0. The van der Waals surface area contributed by atoms with Gasteiger partial charge in [0.05, 0.1) is 12.2 Å². The molecule has 0 saturated heterocycles. The molecule has 0 aliphatic heterocycles. The molecule has 0 amide bonds. The Balaban J connectivity index is 1.65. The molecule has 8 atom stereocenters. The second-order valence-corrected chi connectivity index (χ2v) is 10.8. The zero-order valence-corrected chi connectivity index (χ0v) is 17.2. The molecule has 0 aromatic heterocycles. The molecule has 4 fully saturated rings. The number of fused-ring (bicyclic) bond motifs is 5. The van der Waals surface area contributed by atoms with Gasteiger partial charge in [0, 0.05) is 13.0 Å². The third-order valence-corrected chi connectivity index (χ3v) is 9.56. The number of hydrogen-bond acceptors (Lipinski definition) is 3. The number of carbonyl (C=O) groups excluding carboxylic acids is 1. The van der Waals surface area contributed by atoms with Gasteiger partial charge in [0.2, 0.25) is 0 Å². The molecule has 26 heavy (non-hydrogen) atoms. The molecule has 0 aromatic rings. The summed E-state index contributed by atoms with van der Waals surface area (Å²) in [7, 11) is 1.86. The summed E-state index contributed by atoms with van der Waals surface area (Å²) >= 11 is 0. The number of carbonyl (C=O) groups is 1. The molecule has 3 nitrogen and oxygen atoms in total. The van der Waals surface area contributed by atoms with Gasteiger partial charge in [0.1, 0.15) is 5.78 Å². The van der Waals surface area contributed by atoms with Crippen LogP contribution in [0, 0.1) is 40.4 Å². The molecule has 1 unspecified atom stereocenters. The minimum Gasteiger partial charge on any atom is -0.390 e. The molecule has 148 valence electrons. The largest absolute Gasteiger partial charge is 0.390 e. The molecule has 0 spiro atoms. The number of rotatable bonds is 3. The van der Waals surface area contributed by atoms with Crippen LogP contribution >= 0.6 is 0 Å². The number of Topliss-reactive ketones (excluding diaryl/α,β-unsaturated/α-hetero) is 1. The van der Waals surface area contributed by atoms with Crippen molar-refractivity contribution in [2.75, 3.05) is 13.7 Å². The molecule has 3 heteroatoms. The van der Waals surface area contributed by atoms with Crippen molar-refractivity contribution in [2.45, 2.75) is 84.2 Å². The highest BCUT2D eigenvalue weighted by atomic mass is 16.5. The van der Waals surface area contributed by atoms with Crippen molar-refractivity contribution in [1.29, 1.82) is 0 Å². The molecule has 4 aliphatic rings. The van der Waals surface area contributed by atoms with Crippen LogP contribution in [0.4, 0.5) is 0 Å². The van der Waals surface area contributed by atoms with Crippen molar-refractivity contribution in [3.05, 3.63) is 0 Å². The van der Waals surface area contributed by atoms with Crippen LogP contribution < -0.4 is 0 Å². The Morgan fingerprint density at radius 2 is 1.81 bits per heavy atom. The third-order valence-electron chi connectivity index (χ3n) is 9.56. The van der Waals surface area contributed by atoms with E-state index in [0.717, 1.165) is 44.1 Å². The smallest absolute Gasteiger partial charge is 0.133 e. The maximum absolute atomic E-state index is 12.3. The van der Waals surface area contributed by atoms with E-state index in [-0.39, 0.29) is 16.7 Å². The Kier molecular flexibility index (Phi) is 4.59. The lowest BCUT2D eigenvalue weighted by Gasteiger charge is -2.62. The number of methoxy groups -OCH3 is 1. The molecule has 0 aromatic carbocycles. The van der Waals surface area contributed by atoms with E-state index in [2.05, 4.69) is 6.92 Å². The van der Waals surface area contributed by atoms with E-state index >= 15 is 0 Å². The summed E-state index contributed by atoms with van der Waals surface area (Å²) in [4.78, 5) is 12.3. The lowest BCUT2D eigenvalue weighted by Crippen LogP contribution is -2.58. The molecule has 0 heterocycles. The fourth-order valence-electron chi connectivity index (χ4n) is 8.45. The molecule has 4 saturated carbocycles. The highest BCUT2D eigenvalue weighted by Crippen LogP contribution is 2.68. The van der Waals surface area contributed by atoms with E-state index in [1.54, 1.807) is 0 Å². The Hall–Kier alpha value is -0.410. The molecule has 4 aliphatic carbocycles. The Morgan fingerprint density at radius 1 is 1.04 bits per heavy atom. The van der Waals surface area contributed by atoms with Gasteiger partial charge in [-0.25, -0.2) is 0 Å². The first kappa shape index (κ1) is 18.9. The predicted molar refractivity (Wildman–Crippen MR) is 103 cm³/mol. The average Bonchev–Trinajstić information content (AvgIpc) is 2.92. The number of hydrogen-bond donors (Lipinski definition) is 1. The van der Waals surface area contributed by atoms with E-state index in [1.807, 2.05) is 21.0 Å². The van der Waals surface area contributed by atoms with Gasteiger partial charge < -0.3 is 9.84 Å². The molecule has 4 rings (SSSR count). The van der Waals surface area contributed by atoms with Gasteiger partial charge >= 0.3 is 0 Å². The maximum Gasteiger partial charge on any atom is 0.133 e. The Labute approximate surface area is 159 Å². The maximum atomic E-state index is 12.3. The number of ether oxygens (including phenoxy) is 1. The fourth-order valence-corrected chi connectivity index (χ4v) is 8.45. The third kappa shape index (κ3) is 2.64. The summed E-state index contributed by atoms with van der Waals surface area (Å²) in [5, 5.41) is 10.7. The lowest BCUT2D eigenvalue weighted by atomic mass is 9.43. The number of ketones is 1. The van der Waals surface area contributed by atoms with Crippen LogP contribution in [0.25, 0.3) is 0 Å². The average molecular weight is 363 g/mol. The summed E-state index contributed by atoms with van der Waals surface area (Å²) in [5.74, 6) is 3.50. The van der Waals surface area contributed by atoms with Gasteiger partial charge in [-0.2, -0.15) is 0 Å². The lowest BCUT2D eigenvalue weighted by molar-refractivity contribution is -0.175. The van der Waals surface area contributed by atoms with Crippen molar-refractivity contribution in [3.63, 3.8) is 0 Å². The minimum atomic E-state index is -0.495. The molecular weight excluding hydrogens is 324 g/mol. The van der Waals surface area contributed by atoms with Crippen molar-refractivity contribution in [1.82, 2.24) is 0 Å². The van der Waals surface area contributed by atoms with Crippen LogP contribution in [0.5, 0.6) is 0 Å². The Bertz CT molecular complexity index is 570. The zero-order chi connectivity index (χ0) is 18.7. The van der Waals surface area contributed by atoms with Gasteiger partial charge in [0.25, 0.3) is 0 Å². The highest BCUT2D eigenvalue weighted by molar-refractivity contribution is 5.79. The summed E-state index contributed by atoms with van der Waals surface area (Å²) in [6.07, 6.45) is 10.3. The SMILES string of the molecule is COC[C@]12CCC(C)(O)C[C@H]1CC[C@H]1[C@@H]3CC[C@H](C(C)=O)[C@@]3(C)CC[C@@H]12. The van der Waals surface area contributed by atoms with E-state index in [4.69, 9.17) is 4.74 Å². The van der Waals surface area contributed by atoms with Crippen LogP contribution in [-0.2, 0) is 9.53 Å². The summed E-state index contributed by atoms with van der Waals surface area (Å²) < 4.78 is 5.82. The monoisotopic (exact) mass is 362 g/mol. The van der Waals surface area contributed by atoms with Crippen LogP contribution in [-0.4, -0.2) is 30.2 Å². The van der Waals surface area contributed by atoms with Gasteiger partial charge in [0.15, 0.2) is 0 Å². The molecule has 0 bridgehead atoms. The van der Waals surface area contributed by atoms with Crippen LogP contribution in [0.3, 0.4) is 0 Å². The van der Waals surface area contributed by atoms with Crippen molar-refractivity contribution in [2.24, 2.45) is 40.4 Å². The number of aliphatic hydroxyl groups is 1. The molecule has 0 radical (unpaired) electrons. The van der Waals surface area contributed by atoms with Crippen LogP contribution in [0.15, 0.2) is 0 Å². The first-order valence-electron chi connectivity index (χ1n) is 11.0. The molecule has 1 N–H and O–H groups in total. The van der Waals surface area contributed by atoms with Gasteiger partial charge in [-0.3, -0.25) is 4.79 Å². The quantitative estimate of drug-likeness (QED) is 0.797. The van der Waals surface area contributed by atoms with Crippen LogP contribution in [0.1, 0.15) is 78.6 Å². The minimum absolute atomic E-state index is 0.230. The molecular formula is C23H38O3. The van der Waals surface area contributed by atoms with Crippen molar-refractivity contribution < 1.29 is 14.6 Å². The van der Waals surface area contributed by atoms with E-state index in [9.17, 15) is 9.90 Å². The van der Waals surface area contributed by atoms with Crippen molar-refractivity contribution >= 4 is 5.78 Å². The van der Waals surface area contributed by atoms with Gasteiger partial charge in [-0.05, 0) is 106 Å². The van der Waals surface area contributed by atoms with E-state index in [0.29, 0.717) is 17.6 Å². The topological polar surface area (TPSA) is 46.5 Å².